The summed E-state index contributed by atoms with van der Waals surface area (Å²) in [6.07, 6.45) is -4.11. The molecule has 4 aromatic rings. The maximum absolute atomic E-state index is 14.6. The van der Waals surface area contributed by atoms with Gasteiger partial charge in [0.15, 0.2) is 5.82 Å². The Kier molecular flexibility index (Phi) is 7.80. The van der Waals surface area contributed by atoms with Crippen LogP contribution in [0.5, 0.6) is 0 Å². The van der Waals surface area contributed by atoms with Gasteiger partial charge in [0.25, 0.3) is 12.0 Å². The SMILES string of the molecule is Cc1cccc(F)c1C1CCC(c2cc(-n3ncc(C)c3C(F)F)nn(Cc3ccccc3C(F)(F)F)c2=O)CC1. The van der Waals surface area contributed by atoms with Crippen LogP contribution in [0.3, 0.4) is 0 Å². The summed E-state index contributed by atoms with van der Waals surface area (Å²) in [4.78, 5) is 13.7. The van der Waals surface area contributed by atoms with E-state index in [1.165, 1.54) is 43.5 Å². The fraction of sp³-hybridized carbons (Fsp3) is 0.367. The highest BCUT2D eigenvalue weighted by Crippen LogP contribution is 2.42. The van der Waals surface area contributed by atoms with Crippen molar-refractivity contribution in [1.82, 2.24) is 19.6 Å². The molecule has 5 rings (SSSR count). The van der Waals surface area contributed by atoms with Crippen molar-refractivity contribution in [2.75, 3.05) is 0 Å². The number of aryl methyl sites for hydroxylation is 2. The number of nitrogens with zero attached hydrogens (tertiary/aromatic N) is 4. The fourth-order valence-corrected chi connectivity index (χ4v) is 5.89. The molecule has 2 heterocycles. The van der Waals surface area contributed by atoms with Crippen LogP contribution in [0.25, 0.3) is 5.82 Å². The van der Waals surface area contributed by atoms with Crippen molar-refractivity contribution in [3.63, 3.8) is 0 Å². The predicted octanol–water partition coefficient (Wildman–Crippen LogP) is 7.63. The first kappa shape index (κ1) is 28.6. The molecule has 2 aromatic heterocycles. The second kappa shape index (κ2) is 11.2. The molecule has 0 saturated heterocycles. The van der Waals surface area contributed by atoms with Crippen molar-refractivity contribution in [1.29, 1.82) is 0 Å². The molecule has 1 fully saturated rings. The van der Waals surface area contributed by atoms with Crippen molar-refractivity contribution in [2.45, 2.75) is 70.5 Å². The first-order chi connectivity index (χ1) is 19.5. The van der Waals surface area contributed by atoms with Crippen LogP contribution in [-0.2, 0) is 12.7 Å². The van der Waals surface area contributed by atoms with Crippen LogP contribution in [-0.4, -0.2) is 19.6 Å². The average molecular weight is 575 g/mol. The summed E-state index contributed by atoms with van der Waals surface area (Å²) in [7, 11) is 0. The van der Waals surface area contributed by atoms with E-state index < -0.39 is 36.0 Å². The highest BCUT2D eigenvalue weighted by Gasteiger charge is 2.34. The standard InChI is InChI=1S/C30H28F6N4O/c1-17-6-5-9-24(31)26(17)20-12-10-19(11-13-20)22-14-25(40-27(28(32)33)18(2)15-37-40)38-39(29(22)41)16-21-7-3-4-8-23(21)30(34,35)36/h3-9,14-15,19-20,28H,10-13,16H2,1-2H3. The molecule has 0 aliphatic heterocycles. The molecule has 0 spiro atoms. The van der Waals surface area contributed by atoms with Gasteiger partial charge in [0.05, 0.1) is 18.3 Å². The van der Waals surface area contributed by atoms with Gasteiger partial charge in [-0.3, -0.25) is 4.79 Å². The van der Waals surface area contributed by atoms with Gasteiger partial charge in [0.2, 0.25) is 0 Å². The van der Waals surface area contributed by atoms with E-state index in [-0.39, 0.29) is 40.2 Å². The maximum atomic E-state index is 14.6. The molecule has 0 amide bonds. The van der Waals surface area contributed by atoms with Crippen LogP contribution in [0.1, 0.15) is 83.0 Å². The van der Waals surface area contributed by atoms with Crippen LogP contribution in [0, 0.1) is 19.7 Å². The Morgan fingerprint density at radius 3 is 2.29 bits per heavy atom. The number of aromatic nitrogens is 4. The summed E-state index contributed by atoms with van der Waals surface area (Å²) in [5, 5.41) is 8.25. The maximum Gasteiger partial charge on any atom is 0.416 e. The van der Waals surface area contributed by atoms with Crippen molar-refractivity contribution >= 4 is 0 Å². The molecule has 2 aromatic carbocycles. The van der Waals surface area contributed by atoms with Gasteiger partial charge in [-0.1, -0.05) is 30.3 Å². The summed E-state index contributed by atoms with van der Waals surface area (Å²) < 4.78 is 85.5. The van der Waals surface area contributed by atoms with E-state index in [4.69, 9.17) is 0 Å². The second-order valence-electron chi connectivity index (χ2n) is 10.5. The quantitative estimate of drug-likeness (QED) is 0.223. The number of hydrogen-bond acceptors (Lipinski definition) is 3. The van der Waals surface area contributed by atoms with Crippen LogP contribution in [0.2, 0.25) is 0 Å². The van der Waals surface area contributed by atoms with Gasteiger partial charge in [-0.15, -0.1) is 5.10 Å². The Balaban J connectivity index is 1.56. The molecule has 0 unspecified atom stereocenters. The first-order valence-corrected chi connectivity index (χ1v) is 13.3. The third-order valence-electron chi connectivity index (χ3n) is 7.90. The number of alkyl halides is 5. The molecule has 11 heteroatoms. The topological polar surface area (TPSA) is 52.7 Å². The smallest absolute Gasteiger partial charge is 0.267 e. The van der Waals surface area contributed by atoms with Gasteiger partial charge in [-0.05, 0) is 91.8 Å². The molecule has 0 radical (unpaired) electrons. The van der Waals surface area contributed by atoms with Gasteiger partial charge in [-0.25, -0.2) is 22.5 Å². The van der Waals surface area contributed by atoms with E-state index >= 15 is 0 Å². The van der Waals surface area contributed by atoms with Gasteiger partial charge in [0.1, 0.15) is 11.5 Å². The van der Waals surface area contributed by atoms with Gasteiger partial charge in [0, 0.05) is 5.56 Å². The van der Waals surface area contributed by atoms with Crippen molar-refractivity contribution < 1.29 is 26.3 Å². The largest absolute Gasteiger partial charge is 0.416 e. The number of halogens is 6. The van der Waals surface area contributed by atoms with E-state index in [0.717, 1.165) is 21.0 Å². The summed E-state index contributed by atoms with van der Waals surface area (Å²) >= 11 is 0. The Labute approximate surface area is 232 Å². The number of rotatable bonds is 6. The lowest BCUT2D eigenvalue weighted by molar-refractivity contribution is -0.138. The van der Waals surface area contributed by atoms with Crippen molar-refractivity contribution in [3.05, 3.63) is 110 Å². The van der Waals surface area contributed by atoms with Gasteiger partial charge in [-0.2, -0.15) is 18.3 Å². The Morgan fingerprint density at radius 1 is 0.951 bits per heavy atom. The molecular formula is C30H28F6N4O. The minimum Gasteiger partial charge on any atom is -0.267 e. The highest BCUT2D eigenvalue weighted by atomic mass is 19.4. The molecule has 1 aliphatic carbocycles. The first-order valence-electron chi connectivity index (χ1n) is 13.3. The Hall–Kier alpha value is -3.89. The molecule has 0 bridgehead atoms. The summed E-state index contributed by atoms with van der Waals surface area (Å²) in [6, 6.07) is 11.2. The number of benzene rings is 2. The third-order valence-corrected chi connectivity index (χ3v) is 7.90. The van der Waals surface area contributed by atoms with E-state index in [0.29, 0.717) is 31.2 Å². The molecule has 1 aliphatic rings. The lowest BCUT2D eigenvalue weighted by Gasteiger charge is -2.30. The lowest BCUT2D eigenvalue weighted by Crippen LogP contribution is -2.31. The highest BCUT2D eigenvalue weighted by molar-refractivity contribution is 5.35. The summed E-state index contributed by atoms with van der Waals surface area (Å²) in [5.41, 5.74) is -0.135. The number of hydrogen-bond donors (Lipinski definition) is 0. The van der Waals surface area contributed by atoms with Crippen LogP contribution >= 0.6 is 0 Å². The molecule has 41 heavy (non-hydrogen) atoms. The zero-order valence-electron chi connectivity index (χ0n) is 22.4. The van der Waals surface area contributed by atoms with Gasteiger partial charge < -0.3 is 0 Å². The molecule has 5 nitrogen and oxygen atoms in total. The second-order valence-corrected chi connectivity index (χ2v) is 10.5. The van der Waals surface area contributed by atoms with Gasteiger partial charge >= 0.3 is 6.18 Å². The predicted molar refractivity (Wildman–Crippen MR) is 141 cm³/mol. The summed E-state index contributed by atoms with van der Waals surface area (Å²) in [5.74, 6) is -0.726. The van der Waals surface area contributed by atoms with Crippen LogP contribution in [0.15, 0.2) is 59.5 Å². The van der Waals surface area contributed by atoms with Crippen molar-refractivity contribution in [3.8, 4) is 5.82 Å². The molecule has 0 N–H and O–H groups in total. The minimum absolute atomic E-state index is 0.0474. The van der Waals surface area contributed by atoms with E-state index in [1.807, 2.05) is 13.0 Å². The molecule has 1 saturated carbocycles. The molecular weight excluding hydrogens is 546 g/mol. The lowest BCUT2D eigenvalue weighted by atomic mass is 9.75. The normalized spacial score (nSPS) is 17.8. The molecule has 216 valence electrons. The monoisotopic (exact) mass is 574 g/mol. The van der Waals surface area contributed by atoms with E-state index in [2.05, 4.69) is 10.2 Å². The molecule has 0 atom stereocenters. The average Bonchev–Trinajstić information content (AvgIpc) is 3.31. The van der Waals surface area contributed by atoms with Crippen LogP contribution in [0.4, 0.5) is 26.3 Å². The van der Waals surface area contributed by atoms with E-state index in [1.54, 1.807) is 6.07 Å². The fourth-order valence-electron chi connectivity index (χ4n) is 5.89. The third kappa shape index (κ3) is 5.67. The van der Waals surface area contributed by atoms with Crippen molar-refractivity contribution in [2.24, 2.45) is 0 Å². The Bertz CT molecular complexity index is 1600. The zero-order valence-corrected chi connectivity index (χ0v) is 22.4. The zero-order chi connectivity index (χ0) is 29.5. The Morgan fingerprint density at radius 2 is 1.63 bits per heavy atom. The summed E-state index contributed by atoms with van der Waals surface area (Å²) in [6.45, 7) is 2.81. The minimum atomic E-state index is -4.66. The van der Waals surface area contributed by atoms with Crippen LogP contribution < -0.4 is 5.56 Å². The van der Waals surface area contributed by atoms with E-state index in [9.17, 15) is 31.1 Å².